The molecule has 5 rings (SSSR count). The van der Waals surface area contributed by atoms with Gasteiger partial charge < -0.3 is 29.6 Å². The fraction of sp³-hybridized carbons (Fsp3) is 0.161. The number of amides is 1. The molecule has 0 bridgehead atoms. The summed E-state index contributed by atoms with van der Waals surface area (Å²) in [5.41, 5.74) is 8.19. The number of aromatic nitrogens is 4. The zero-order valence-electron chi connectivity index (χ0n) is 23.4. The molecule has 0 saturated carbocycles. The number of carbonyl (C=O) groups is 1. The summed E-state index contributed by atoms with van der Waals surface area (Å²) in [6.45, 7) is 0.687. The minimum Gasteiger partial charge on any atom is -0.493 e. The third-order valence-corrected chi connectivity index (χ3v) is 6.40. The zero-order valence-corrected chi connectivity index (χ0v) is 23.4. The van der Waals surface area contributed by atoms with Crippen molar-refractivity contribution in [1.82, 2.24) is 20.0 Å². The van der Waals surface area contributed by atoms with Gasteiger partial charge in [-0.05, 0) is 42.0 Å². The maximum atomic E-state index is 12.4. The van der Waals surface area contributed by atoms with Crippen LogP contribution in [0.1, 0.15) is 21.6 Å². The van der Waals surface area contributed by atoms with Gasteiger partial charge in [-0.1, -0.05) is 35.5 Å². The van der Waals surface area contributed by atoms with Crippen LogP contribution in [0.15, 0.2) is 91.3 Å². The van der Waals surface area contributed by atoms with Crippen molar-refractivity contribution in [3.63, 3.8) is 0 Å². The maximum Gasteiger partial charge on any atom is 0.252 e. The van der Waals surface area contributed by atoms with E-state index in [9.17, 15) is 4.79 Å². The van der Waals surface area contributed by atoms with E-state index in [0.29, 0.717) is 41.0 Å². The molecule has 0 aliphatic heterocycles. The first-order valence-electron chi connectivity index (χ1n) is 13.0. The van der Waals surface area contributed by atoms with E-state index < -0.39 is 5.91 Å². The number of carbonyl (C=O) groups excluding carboxylic acids is 1. The second-order valence-corrected chi connectivity index (χ2v) is 9.18. The van der Waals surface area contributed by atoms with Gasteiger partial charge in [-0.3, -0.25) is 4.79 Å². The Balaban J connectivity index is 1.45. The first kappa shape index (κ1) is 28.0. The topological polar surface area (TPSA) is 127 Å². The van der Waals surface area contributed by atoms with E-state index in [1.807, 2.05) is 60.8 Å². The van der Waals surface area contributed by atoms with E-state index >= 15 is 0 Å². The standard InChI is InChI=1S/C31H30N6O5/c1-39-27-16-23(17-28(40-2)29(27)41-3)37(31-26(30(32)38)13-8-14-33-31)20-22-19-36(35-34-22)18-21-9-7-12-25(15-21)42-24-10-5-4-6-11-24/h4-17,19H,18,20H2,1-3H3,(H2,32,38). The van der Waals surface area contributed by atoms with E-state index in [-0.39, 0.29) is 12.1 Å². The molecule has 0 saturated heterocycles. The first-order chi connectivity index (χ1) is 20.5. The zero-order chi connectivity index (χ0) is 29.5. The molecular weight excluding hydrogens is 536 g/mol. The molecule has 0 fully saturated rings. The molecule has 0 unspecified atom stereocenters. The van der Waals surface area contributed by atoms with Crippen LogP contribution >= 0.6 is 0 Å². The van der Waals surface area contributed by atoms with E-state index in [2.05, 4.69) is 15.3 Å². The summed E-state index contributed by atoms with van der Waals surface area (Å²) in [6.07, 6.45) is 3.43. The van der Waals surface area contributed by atoms with Crippen LogP contribution in [0.4, 0.5) is 11.5 Å². The first-order valence-corrected chi connectivity index (χ1v) is 13.0. The molecule has 0 atom stereocenters. The Kier molecular flexibility index (Phi) is 8.47. The molecule has 0 aliphatic rings. The van der Waals surface area contributed by atoms with E-state index in [1.165, 1.54) is 21.3 Å². The smallest absolute Gasteiger partial charge is 0.252 e. The van der Waals surface area contributed by atoms with Gasteiger partial charge in [0.1, 0.15) is 23.0 Å². The highest BCUT2D eigenvalue weighted by Crippen LogP contribution is 2.43. The van der Waals surface area contributed by atoms with Gasteiger partial charge in [0.25, 0.3) is 5.91 Å². The van der Waals surface area contributed by atoms with Crippen molar-refractivity contribution in [3.8, 4) is 28.7 Å². The summed E-state index contributed by atoms with van der Waals surface area (Å²) in [7, 11) is 4.60. The predicted octanol–water partition coefficient (Wildman–Crippen LogP) is 4.98. The molecule has 42 heavy (non-hydrogen) atoms. The number of rotatable bonds is 12. The Hall–Kier alpha value is -5.58. The lowest BCUT2D eigenvalue weighted by atomic mass is 10.1. The summed E-state index contributed by atoms with van der Waals surface area (Å²) in [4.78, 5) is 18.6. The molecule has 0 spiro atoms. The van der Waals surface area contributed by atoms with Crippen LogP contribution in [0.2, 0.25) is 0 Å². The van der Waals surface area contributed by atoms with Crippen LogP contribution in [0.3, 0.4) is 0 Å². The summed E-state index contributed by atoms with van der Waals surface area (Å²) in [5.74, 6) is 2.53. The maximum absolute atomic E-state index is 12.4. The Labute approximate surface area is 243 Å². The largest absolute Gasteiger partial charge is 0.493 e. The average Bonchev–Trinajstić information content (AvgIpc) is 3.46. The van der Waals surface area contributed by atoms with Crippen LogP contribution in [0.5, 0.6) is 28.7 Å². The second kappa shape index (κ2) is 12.7. The molecule has 2 N–H and O–H groups in total. The number of ether oxygens (including phenoxy) is 4. The normalized spacial score (nSPS) is 10.6. The Morgan fingerprint density at radius 3 is 2.31 bits per heavy atom. The van der Waals surface area contributed by atoms with Crippen molar-refractivity contribution in [2.75, 3.05) is 26.2 Å². The number of nitrogens with two attached hydrogens (primary N) is 1. The van der Waals surface area contributed by atoms with Crippen molar-refractivity contribution < 1.29 is 23.7 Å². The average molecular weight is 567 g/mol. The van der Waals surface area contributed by atoms with Gasteiger partial charge in [-0.15, -0.1) is 5.10 Å². The van der Waals surface area contributed by atoms with E-state index in [1.54, 1.807) is 40.0 Å². The number of hydrogen-bond donors (Lipinski definition) is 1. The lowest BCUT2D eigenvalue weighted by Gasteiger charge is -2.26. The van der Waals surface area contributed by atoms with Gasteiger partial charge in [-0.25, -0.2) is 9.67 Å². The SMILES string of the molecule is COc1cc(N(Cc2cn(Cc3cccc(Oc4ccccc4)c3)nn2)c2ncccc2C(N)=O)cc(OC)c1OC. The van der Waals surface area contributed by atoms with Gasteiger partial charge in [0.2, 0.25) is 5.75 Å². The lowest BCUT2D eigenvalue weighted by Crippen LogP contribution is -2.23. The second-order valence-electron chi connectivity index (χ2n) is 9.18. The number of hydrogen-bond acceptors (Lipinski definition) is 9. The molecule has 0 radical (unpaired) electrons. The van der Waals surface area contributed by atoms with Gasteiger partial charge in [0, 0.05) is 18.3 Å². The van der Waals surface area contributed by atoms with Crippen LogP contribution in [0.25, 0.3) is 0 Å². The van der Waals surface area contributed by atoms with Gasteiger partial charge >= 0.3 is 0 Å². The van der Waals surface area contributed by atoms with Crippen LogP contribution in [-0.2, 0) is 13.1 Å². The number of methoxy groups -OCH3 is 3. The fourth-order valence-corrected chi connectivity index (χ4v) is 4.49. The third-order valence-electron chi connectivity index (χ3n) is 6.40. The summed E-state index contributed by atoms with van der Waals surface area (Å²) >= 11 is 0. The van der Waals surface area contributed by atoms with Gasteiger partial charge in [0.15, 0.2) is 11.5 Å². The van der Waals surface area contributed by atoms with Gasteiger partial charge in [0.05, 0.1) is 51.9 Å². The fourth-order valence-electron chi connectivity index (χ4n) is 4.49. The number of anilines is 2. The molecule has 1 amide bonds. The van der Waals surface area contributed by atoms with Gasteiger partial charge in [-0.2, -0.15) is 0 Å². The number of para-hydroxylation sites is 1. The highest BCUT2D eigenvalue weighted by molar-refractivity contribution is 5.98. The molecule has 2 heterocycles. The highest BCUT2D eigenvalue weighted by Gasteiger charge is 2.23. The highest BCUT2D eigenvalue weighted by atomic mass is 16.5. The molecule has 5 aromatic rings. The summed E-state index contributed by atoms with van der Waals surface area (Å²) in [6, 6.07) is 24.2. The predicted molar refractivity (Wildman–Crippen MR) is 157 cm³/mol. The number of nitrogens with zero attached hydrogens (tertiary/aromatic N) is 5. The monoisotopic (exact) mass is 566 g/mol. The third kappa shape index (κ3) is 6.25. The van der Waals surface area contributed by atoms with Crippen LogP contribution < -0.4 is 29.6 Å². The van der Waals surface area contributed by atoms with Crippen molar-refractivity contribution in [3.05, 3.63) is 108 Å². The number of benzene rings is 3. The molecule has 11 nitrogen and oxygen atoms in total. The molecule has 11 heteroatoms. The Bertz CT molecular complexity index is 1650. The van der Waals surface area contributed by atoms with Crippen molar-refractivity contribution in [2.24, 2.45) is 5.73 Å². The van der Waals surface area contributed by atoms with E-state index in [4.69, 9.17) is 24.7 Å². The quantitative estimate of drug-likeness (QED) is 0.222. The molecule has 3 aromatic carbocycles. The molecule has 2 aromatic heterocycles. The minimum atomic E-state index is -0.614. The van der Waals surface area contributed by atoms with Crippen LogP contribution in [-0.4, -0.2) is 47.2 Å². The van der Waals surface area contributed by atoms with Crippen molar-refractivity contribution >= 4 is 17.4 Å². The summed E-state index contributed by atoms with van der Waals surface area (Å²) in [5, 5.41) is 8.73. The Morgan fingerprint density at radius 2 is 1.62 bits per heavy atom. The molecule has 214 valence electrons. The number of pyridine rings is 1. The van der Waals surface area contributed by atoms with Crippen molar-refractivity contribution in [2.45, 2.75) is 13.1 Å². The molecular formula is C31H30N6O5. The van der Waals surface area contributed by atoms with E-state index in [0.717, 1.165) is 17.1 Å². The Morgan fingerprint density at radius 1 is 0.881 bits per heavy atom. The van der Waals surface area contributed by atoms with Crippen LogP contribution in [0, 0.1) is 0 Å². The van der Waals surface area contributed by atoms with Crippen molar-refractivity contribution in [1.29, 1.82) is 0 Å². The minimum absolute atomic E-state index is 0.215. The lowest BCUT2D eigenvalue weighted by molar-refractivity contribution is 0.100. The number of primary amides is 1. The summed E-state index contributed by atoms with van der Waals surface area (Å²) < 4.78 is 24.3. The molecule has 0 aliphatic carbocycles.